The highest BCUT2D eigenvalue weighted by atomic mass is 16.7. The van der Waals surface area contributed by atoms with Crippen molar-refractivity contribution in [2.75, 3.05) is 19.7 Å². The second-order valence-electron chi connectivity index (χ2n) is 9.11. The first-order valence-corrected chi connectivity index (χ1v) is 12.6. The second kappa shape index (κ2) is 13.4. The SMILES string of the molecule is NO[C@@H](COc1ccc(C(N)=NC2CCN(C(=O)O)CC2)cc1)C(=O)OC(c1ccccc1)c1ccccc1. The molecule has 0 radical (unpaired) electrons. The summed E-state index contributed by atoms with van der Waals surface area (Å²) >= 11 is 0. The lowest BCUT2D eigenvalue weighted by molar-refractivity contribution is -0.163. The topological polar surface area (TPSA) is 150 Å². The van der Waals surface area contributed by atoms with Crippen LogP contribution in [0.5, 0.6) is 5.75 Å². The number of carbonyl (C=O) groups is 2. The molecule has 1 fully saturated rings. The minimum atomic E-state index is -1.15. The molecule has 3 aromatic rings. The number of carboxylic acid groups (broad SMARTS) is 1. The quantitative estimate of drug-likeness (QED) is 0.155. The molecule has 204 valence electrons. The van der Waals surface area contributed by atoms with Crippen molar-refractivity contribution in [2.45, 2.75) is 31.1 Å². The number of aliphatic imine (C=N–C) groups is 1. The van der Waals surface area contributed by atoms with Crippen LogP contribution in [-0.4, -0.2) is 59.7 Å². The number of esters is 1. The molecule has 4 rings (SSSR count). The van der Waals surface area contributed by atoms with E-state index in [1.165, 1.54) is 4.90 Å². The van der Waals surface area contributed by atoms with E-state index in [1.54, 1.807) is 24.3 Å². The molecule has 5 N–H and O–H groups in total. The van der Waals surface area contributed by atoms with Gasteiger partial charge in [-0.15, -0.1) is 0 Å². The Labute approximate surface area is 226 Å². The van der Waals surface area contributed by atoms with Crippen molar-refractivity contribution >= 4 is 17.9 Å². The largest absolute Gasteiger partial charge is 0.490 e. The number of rotatable bonds is 10. The van der Waals surface area contributed by atoms with Crippen LogP contribution < -0.4 is 16.4 Å². The van der Waals surface area contributed by atoms with Gasteiger partial charge < -0.3 is 25.2 Å². The van der Waals surface area contributed by atoms with Crippen molar-refractivity contribution < 1.29 is 29.0 Å². The zero-order chi connectivity index (χ0) is 27.6. The predicted octanol–water partition coefficient (Wildman–Crippen LogP) is 3.50. The average molecular weight is 533 g/mol. The predicted molar refractivity (Wildman–Crippen MR) is 145 cm³/mol. The van der Waals surface area contributed by atoms with Crippen molar-refractivity contribution in [3.05, 3.63) is 102 Å². The van der Waals surface area contributed by atoms with Crippen LogP contribution in [-0.2, 0) is 14.4 Å². The molecule has 0 aromatic heterocycles. The van der Waals surface area contributed by atoms with Gasteiger partial charge in [0.15, 0.2) is 6.10 Å². The Balaban J connectivity index is 1.34. The summed E-state index contributed by atoms with van der Waals surface area (Å²) in [5.74, 6) is 5.62. The van der Waals surface area contributed by atoms with Crippen LogP contribution in [0.4, 0.5) is 4.79 Å². The fraction of sp³-hybridized carbons (Fsp3) is 0.276. The first-order chi connectivity index (χ1) is 18.9. The number of nitrogens with zero attached hydrogens (tertiary/aromatic N) is 2. The smallest absolute Gasteiger partial charge is 0.407 e. The summed E-state index contributed by atoms with van der Waals surface area (Å²) in [5, 5.41) is 9.08. The zero-order valence-electron chi connectivity index (χ0n) is 21.4. The molecule has 1 amide bonds. The van der Waals surface area contributed by atoms with Gasteiger partial charge in [0.2, 0.25) is 6.10 Å². The Morgan fingerprint density at radius 1 is 0.923 bits per heavy atom. The number of carbonyl (C=O) groups excluding carboxylic acids is 1. The van der Waals surface area contributed by atoms with Gasteiger partial charge in [-0.1, -0.05) is 60.7 Å². The minimum absolute atomic E-state index is 0.0272. The van der Waals surface area contributed by atoms with Gasteiger partial charge >= 0.3 is 12.1 Å². The van der Waals surface area contributed by atoms with Crippen molar-refractivity contribution in [2.24, 2.45) is 16.6 Å². The van der Waals surface area contributed by atoms with Crippen LogP contribution in [0.15, 0.2) is 89.9 Å². The summed E-state index contributed by atoms with van der Waals surface area (Å²) in [4.78, 5) is 34.9. The minimum Gasteiger partial charge on any atom is -0.490 e. The third kappa shape index (κ3) is 7.56. The second-order valence-corrected chi connectivity index (χ2v) is 9.11. The standard InChI is InChI=1S/C29H32N4O6/c30-27(32-23-15-17-33(18-16-23)29(35)36)22-11-13-24(14-12-22)37-19-25(39-31)28(34)38-26(20-7-3-1-4-8-20)21-9-5-2-6-10-21/h1-14,23,25-26H,15-19,31H2,(H2,30,32)(H,35,36)/t25-/m0/s1. The number of benzene rings is 3. The van der Waals surface area contributed by atoms with Crippen LogP contribution in [0, 0.1) is 0 Å². The number of likely N-dealkylation sites (tertiary alicyclic amines) is 1. The maximum atomic E-state index is 13.0. The van der Waals surface area contributed by atoms with Gasteiger partial charge in [0.25, 0.3) is 0 Å². The molecule has 0 saturated carbocycles. The van der Waals surface area contributed by atoms with Crippen molar-refractivity contribution in [3.8, 4) is 5.75 Å². The molecular weight excluding hydrogens is 500 g/mol. The van der Waals surface area contributed by atoms with E-state index in [0.29, 0.717) is 43.1 Å². The summed E-state index contributed by atoms with van der Waals surface area (Å²) in [6.07, 6.45) is -1.44. The zero-order valence-corrected chi connectivity index (χ0v) is 21.4. The maximum Gasteiger partial charge on any atom is 0.407 e. The molecule has 1 atom stereocenters. The molecule has 1 heterocycles. The fourth-order valence-corrected chi connectivity index (χ4v) is 4.29. The van der Waals surface area contributed by atoms with Gasteiger partial charge in [-0.3, -0.25) is 9.83 Å². The van der Waals surface area contributed by atoms with E-state index in [9.17, 15) is 9.59 Å². The van der Waals surface area contributed by atoms with E-state index in [2.05, 4.69) is 4.99 Å². The van der Waals surface area contributed by atoms with E-state index in [0.717, 1.165) is 11.1 Å². The normalized spacial score (nSPS) is 15.1. The highest BCUT2D eigenvalue weighted by molar-refractivity contribution is 5.97. The summed E-state index contributed by atoms with van der Waals surface area (Å²) in [5.41, 5.74) is 8.52. The number of hydrogen-bond donors (Lipinski definition) is 3. The molecule has 1 aliphatic heterocycles. The van der Waals surface area contributed by atoms with Crippen LogP contribution in [0.1, 0.15) is 35.6 Å². The lowest BCUT2D eigenvalue weighted by Gasteiger charge is -2.28. The Morgan fingerprint density at radius 2 is 1.49 bits per heavy atom. The average Bonchev–Trinajstić information content (AvgIpc) is 2.97. The van der Waals surface area contributed by atoms with Crippen molar-refractivity contribution in [1.29, 1.82) is 0 Å². The highest BCUT2D eigenvalue weighted by Gasteiger charge is 2.27. The van der Waals surface area contributed by atoms with Gasteiger partial charge in [-0.25, -0.2) is 15.5 Å². The van der Waals surface area contributed by atoms with Crippen LogP contribution in [0.25, 0.3) is 0 Å². The summed E-state index contributed by atoms with van der Waals surface area (Å²) < 4.78 is 11.6. The number of piperidine rings is 1. The Morgan fingerprint density at radius 3 is 2.00 bits per heavy atom. The molecule has 0 bridgehead atoms. The molecule has 10 nitrogen and oxygen atoms in total. The van der Waals surface area contributed by atoms with E-state index in [4.69, 9.17) is 31.0 Å². The first kappa shape index (κ1) is 27.6. The van der Waals surface area contributed by atoms with Gasteiger partial charge in [0.05, 0.1) is 6.04 Å². The number of amidine groups is 1. The van der Waals surface area contributed by atoms with E-state index in [-0.39, 0.29) is 12.6 Å². The van der Waals surface area contributed by atoms with Gasteiger partial charge in [0.1, 0.15) is 18.2 Å². The van der Waals surface area contributed by atoms with Gasteiger partial charge in [-0.05, 0) is 48.2 Å². The third-order valence-electron chi connectivity index (χ3n) is 6.47. The summed E-state index contributed by atoms with van der Waals surface area (Å²) in [6.45, 7) is 0.721. The number of ether oxygens (including phenoxy) is 2. The molecular formula is C29H32N4O6. The first-order valence-electron chi connectivity index (χ1n) is 12.6. The molecule has 39 heavy (non-hydrogen) atoms. The Kier molecular flexibility index (Phi) is 9.49. The summed E-state index contributed by atoms with van der Waals surface area (Å²) in [6, 6.07) is 25.7. The highest BCUT2D eigenvalue weighted by Crippen LogP contribution is 2.26. The van der Waals surface area contributed by atoms with Gasteiger partial charge in [0, 0.05) is 18.7 Å². The molecule has 0 unspecified atom stereocenters. The fourth-order valence-electron chi connectivity index (χ4n) is 4.29. The summed E-state index contributed by atoms with van der Waals surface area (Å²) in [7, 11) is 0. The molecule has 3 aromatic carbocycles. The number of hydrogen-bond acceptors (Lipinski definition) is 7. The van der Waals surface area contributed by atoms with Crippen molar-refractivity contribution in [1.82, 2.24) is 4.90 Å². The molecule has 10 heteroatoms. The van der Waals surface area contributed by atoms with E-state index < -0.39 is 24.3 Å². The molecule has 1 saturated heterocycles. The Hall–Kier alpha value is -4.41. The maximum absolute atomic E-state index is 13.0. The van der Waals surface area contributed by atoms with Crippen molar-refractivity contribution in [3.63, 3.8) is 0 Å². The van der Waals surface area contributed by atoms with Crippen LogP contribution >= 0.6 is 0 Å². The monoisotopic (exact) mass is 532 g/mol. The van der Waals surface area contributed by atoms with Crippen LogP contribution in [0.3, 0.4) is 0 Å². The third-order valence-corrected chi connectivity index (χ3v) is 6.47. The molecule has 0 spiro atoms. The number of nitrogens with two attached hydrogens (primary N) is 2. The lowest BCUT2D eigenvalue weighted by atomic mass is 10.0. The van der Waals surface area contributed by atoms with Gasteiger partial charge in [-0.2, -0.15) is 0 Å². The molecule has 1 aliphatic rings. The van der Waals surface area contributed by atoms with E-state index >= 15 is 0 Å². The number of amides is 1. The van der Waals surface area contributed by atoms with E-state index in [1.807, 2.05) is 60.7 Å². The Bertz CT molecular complexity index is 1210. The lowest BCUT2D eigenvalue weighted by Crippen LogP contribution is -2.39. The van der Waals surface area contributed by atoms with Crippen LogP contribution in [0.2, 0.25) is 0 Å². The molecule has 0 aliphatic carbocycles.